The Morgan fingerprint density at radius 3 is 2.66 bits per heavy atom. The van der Waals surface area contributed by atoms with Crippen LogP contribution in [0.5, 0.6) is 5.75 Å². The first kappa shape index (κ1) is 28.0. The van der Waals surface area contributed by atoms with E-state index in [2.05, 4.69) is 15.6 Å². The van der Waals surface area contributed by atoms with Gasteiger partial charge in [0, 0.05) is 25.1 Å². The predicted molar refractivity (Wildman–Crippen MR) is 141 cm³/mol. The quantitative estimate of drug-likeness (QED) is 0.362. The Bertz CT molecular complexity index is 1200. The Morgan fingerprint density at radius 1 is 1.32 bits per heavy atom. The number of aliphatic hydroxyl groups is 1. The van der Waals surface area contributed by atoms with E-state index < -0.39 is 41.6 Å². The number of benzene rings is 1. The van der Waals surface area contributed by atoms with Crippen molar-refractivity contribution in [3.05, 3.63) is 35.0 Å². The highest BCUT2D eigenvalue weighted by Crippen LogP contribution is 2.40. The molecule has 1 aliphatic carbocycles. The Hall–Kier alpha value is -3.05. The van der Waals surface area contributed by atoms with Crippen LogP contribution in [0.1, 0.15) is 57.2 Å². The van der Waals surface area contributed by atoms with Gasteiger partial charge < -0.3 is 25.7 Å². The average molecular weight is 547 g/mol. The molecule has 2 aromatic rings. The third-order valence-corrected chi connectivity index (χ3v) is 8.35. The number of aromatic nitrogens is 1. The molecule has 206 valence electrons. The van der Waals surface area contributed by atoms with Crippen LogP contribution in [0.15, 0.2) is 23.7 Å². The molecule has 38 heavy (non-hydrogen) atoms. The number of hydrogen-bond acceptors (Lipinski definition) is 7. The summed E-state index contributed by atoms with van der Waals surface area (Å²) in [5.41, 5.74) is 1.99. The van der Waals surface area contributed by atoms with E-state index in [0.717, 1.165) is 22.6 Å². The largest absolute Gasteiger partial charge is 0.508 e. The van der Waals surface area contributed by atoms with Crippen LogP contribution < -0.4 is 10.6 Å². The molecular weight excluding hydrogens is 511 g/mol. The number of rotatable bonds is 10. The van der Waals surface area contributed by atoms with Crippen LogP contribution in [0, 0.1) is 12.8 Å². The maximum Gasteiger partial charge on any atom is 0.258 e. The minimum atomic E-state index is -1.93. The number of nitrogens with one attached hydrogen (secondary N) is 2. The van der Waals surface area contributed by atoms with E-state index in [1.54, 1.807) is 17.6 Å². The first-order chi connectivity index (χ1) is 18.0. The van der Waals surface area contributed by atoms with Gasteiger partial charge in [-0.3, -0.25) is 14.4 Å². The lowest BCUT2D eigenvalue weighted by Gasteiger charge is -2.31. The van der Waals surface area contributed by atoms with Crippen molar-refractivity contribution in [1.82, 2.24) is 20.5 Å². The summed E-state index contributed by atoms with van der Waals surface area (Å²) in [7, 11) is 0. The fourth-order valence-electron chi connectivity index (χ4n) is 4.90. The number of aliphatic hydroxyl groups excluding tert-OH is 1. The number of carbonyl (C=O) groups is 3. The van der Waals surface area contributed by atoms with Crippen molar-refractivity contribution in [2.45, 2.75) is 83.3 Å². The number of halogens is 1. The number of nitrogens with zero attached hydrogens (tertiary/aromatic N) is 2. The summed E-state index contributed by atoms with van der Waals surface area (Å²) >= 11 is 1.47. The van der Waals surface area contributed by atoms with Crippen molar-refractivity contribution in [3.63, 3.8) is 0 Å². The van der Waals surface area contributed by atoms with Gasteiger partial charge in [-0.25, -0.2) is 9.37 Å². The number of phenolic OH excluding ortho intramolecular Hbond substituents is 1. The van der Waals surface area contributed by atoms with Crippen molar-refractivity contribution >= 4 is 29.1 Å². The molecule has 1 aliphatic heterocycles. The van der Waals surface area contributed by atoms with E-state index in [1.807, 2.05) is 26.8 Å². The number of aromatic hydroxyl groups is 1. The van der Waals surface area contributed by atoms with Gasteiger partial charge in [-0.05, 0) is 43.7 Å². The number of β-amino-alcohol motifs (C(OH)–C–C–N with tert-alkyl or cyclic N) is 1. The molecule has 9 nitrogen and oxygen atoms in total. The second-order valence-corrected chi connectivity index (χ2v) is 11.3. The fourth-order valence-corrected chi connectivity index (χ4v) is 5.70. The van der Waals surface area contributed by atoms with Gasteiger partial charge in [-0.15, -0.1) is 11.3 Å². The minimum Gasteiger partial charge on any atom is -0.508 e. The lowest BCUT2D eigenvalue weighted by atomic mass is 9.95. The van der Waals surface area contributed by atoms with Crippen LogP contribution in [-0.4, -0.2) is 68.2 Å². The highest BCUT2D eigenvalue weighted by molar-refractivity contribution is 7.13. The number of alkyl halides is 1. The minimum absolute atomic E-state index is 0.0198. The summed E-state index contributed by atoms with van der Waals surface area (Å²) in [5, 5.41) is 26.2. The van der Waals surface area contributed by atoms with Gasteiger partial charge in [0.05, 0.1) is 22.2 Å². The van der Waals surface area contributed by atoms with Gasteiger partial charge in [0.2, 0.25) is 11.8 Å². The number of amides is 3. The molecule has 2 aliphatic rings. The van der Waals surface area contributed by atoms with Crippen LogP contribution in [0.25, 0.3) is 10.4 Å². The van der Waals surface area contributed by atoms with Gasteiger partial charge in [0.25, 0.3) is 5.91 Å². The Kier molecular flexibility index (Phi) is 8.37. The Labute approximate surface area is 225 Å². The molecule has 2 fully saturated rings. The third kappa shape index (κ3) is 5.99. The lowest BCUT2D eigenvalue weighted by molar-refractivity contribution is -0.143. The molecule has 2 heterocycles. The van der Waals surface area contributed by atoms with Crippen LogP contribution >= 0.6 is 11.3 Å². The number of carbonyl (C=O) groups excluding carboxylic acids is 3. The van der Waals surface area contributed by atoms with Crippen molar-refractivity contribution < 1.29 is 29.0 Å². The predicted octanol–water partition coefficient (Wildman–Crippen LogP) is 2.83. The summed E-state index contributed by atoms with van der Waals surface area (Å²) in [6.45, 7) is 5.62. The normalized spacial score (nSPS) is 21.6. The summed E-state index contributed by atoms with van der Waals surface area (Å²) in [6.07, 6.45) is 0.792. The summed E-state index contributed by atoms with van der Waals surface area (Å²) in [4.78, 5) is 45.6. The average Bonchev–Trinajstić information content (AvgIpc) is 3.29. The molecule has 11 heteroatoms. The van der Waals surface area contributed by atoms with E-state index >= 15 is 0 Å². The first-order valence-electron chi connectivity index (χ1n) is 13.0. The molecule has 1 saturated carbocycles. The molecule has 0 spiro atoms. The summed E-state index contributed by atoms with van der Waals surface area (Å²) < 4.78 is 14.4. The highest BCUT2D eigenvalue weighted by Gasteiger charge is 2.52. The molecular formula is C27H35FN4O5S. The van der Waals surface area contributed by atoms with E-state index in [9.17, 15) is 29.0 Å². The van der Waals surface area contributed by atoms with Crippen molar-refractivity contribution in [1.29, 1.82) is 0 Å². The topological polar surface area (TPSA) is 132 Å². The number of hydrogen-bond donors (Lipinski definition) is 4. The maximum absolute atomic E-state index is 14.4. The molecule has 4 unspecified atom stereocenters. The highest BCUT2D eigenvalue weighted by atomic mass is 32.1. The third-order valence-electron chi connectivity index (χ3n) is 7.37. The molecule has 4 N–H and O–H groups in total. The van der Waals surface area contributed by atoms with E-state index in [4.69, 9.17) is 0 Å². The Balaban J connectivity index is 1.44. The van der Waals surface area contributed by atoms with Crippen molar-refractivity contribution in [3.8, 4) is 16.2 Å². The van der Waals surface area contributed by atoms with Gasteiger partial charge in [0.1, 0.15) is 17.8 Å². The second kappa shape index (κ2) is 11.4. The molecule has 4 rings (SSSR count). The Morgan fingerprint density at radius 2 is 2.05 bits per heavy atom. The summed E-state index contributed by atoms with van der Waals surface area (Å²) in [6, 6.07) is 3.24. The zero-order valence-electron chi connectivity index (χ0n) is 21.9. The van der Waals surface area contributed by atoms with Crippen molar-refractivity contribution in [2.24, 2.45) is 5.92 Å². The molecule has 0 radical (unpaired) electrons. The smallest absolute Gasteiger partial charge is 0.258 e. The van der Waals surface area contributed by atoms with Crippen LogP contribution in [0.2, 0.25) is 0 Å². The van der Waals surface area contributed by atoms with Gasteiger partial charge >= 0.3 is 0 Å². The first-order valence-corrected chi connectivity index (χ1v) is 13.9. The standard InChI is InChI=1S/C27H35FN4O5S/c1-4-5-15(2)22(31-26(37)27(28)8-9-27)25(36)32-13-19(33)11-20(32)24(35)29-12-18-7-6-17(10-21(18)34)23-16(3)30-14-38-23/h6-7,10,14-15,19-20,22,33-34H,4-5,8-9,11-13H2,1-3H3,(H,29,35)(H,31,37). The lowest BCUT2D eigenvalue weighted by Crippen LogP contribution is -2.56. The van der Waals surface area contributed by atoms with Crippen molar-refractivity contribution in [2.75, 3.05) is 6.54 Å². The number of thiazole rings is 1. The molecule has 1 saturated heterocycles. The van der Waals surface area contributed by atoms with Crippen LogP contribution in [0.4, 0.5) is 4.39 Å². The number of phenols is 1. The van der Waals surface area contributed by atoms with Gasteiger partial charge in [-0.2, -0.15) is 0 Å². The monoisotopic (exact) mass is 546 g/mol. The number of aryl methyl sites for hydroxylation is 1. The number of likely N-dealkylation sites (tertiary alicyclic amines) is 1. The van der Waals surface area contributed by atoms with E-state index in [1.165, 1.54) is 16.2 Å². The molecule has 1 aromatic heterocycles. The van der Waals surface area contributed by atoms with Gasteiger partial charge in [-0.1, -0.05) is 32.4 Å². The fraction of sp³-hybridized carbons (Fsp3) is 0.556. The van der Waals surface area contributed by atoms with E-state index in [0.29, 0.717) is 12.0 Å². The SMILES string of the molecule is CCCC(C)C(NC(=O)C1(F)CC1)C(=O)N1CC(O)CC1C(=O)NCc1ccc(-c2scnc2C)cc1O. The molecule has 0 bridgehead atoms. The zero-order chi connectivity index (χ0) is 27.6. The van der Waals surface area contributed by atoms with Crippen LogP contribution in [0.3, 0.4) is 0 Å². The molecule has 3 amide bonds. The molecule has 1 aromatic carbocycles. The summed E-state index contributed by atoms with van der Waals surface area (Å²) in [5.74, 6) is -2.04. The molecule has 4 atom stereocenters. The van der Waals surface area contributed by atoms with E-state index in [-0.39, 0.29) is 44.0 Å². The van der Waals surface area contributed by atoms with Gasteiger partial charge in [0.15, 0.2) is 5.67 Å². The van der Waals surface area contributed by atoms with Crippen LogP contribution in [-0.2, 0) is 20.9 Å². The second-order valence-electron chi connectivity index (χ2n) is 10.4. The zero-order valence-corrected chi connectivity index (χ0v) is 22.7. The maximum atomic E-state index is 14.4.